The van der Waals surface area contributed by atoms with Crippen LogP contribution < -0.4 is 4.90 Å². The number of carbonyl (C=O) groups is 2. The summed E-state index contributed by atoms with van der Waals surface area (Å²) in [5, 5.41) is 14.1. The number of aliphatic carboxylic acids is 1. The first kappa shape index (κ1) is 27.1. The van der Waals surface area contributed by atoms with Gasteiger partial charge in [0.2, 0.25) is 5.82 Å². The van der Waals surface area contributed by atoms with E-state index in [-0.39, 0.29) is 28.7 Å². The molecule has 1 spiro atoms. The van der Waals surface area contributed by atoms with Crippen LogP contribution in [0.5, 0.6) is 0 Å². The van der Waals surface area contributed by atoms with Crippen molar-refractivity contribution in [3.05, 3.63) is 59.5 Å². The van der Waals surface area contributed by atoms with E-state index in [9.17, 15) is 14.7 Å². The molecule has 0 radical (unpaired) electrons. The van der Waals surface area contributed by atoms with Gasteiger partial charge in [0.05, 0.1) is 36.6 Å². The van der Waals surface area contributed by atoms with Crippen LogP contribution in [-0.2, 0) is 14.9 Å². The maximum absolute atomic E-state index is 13.7. The number of carboxylic acids is 1. The van der Waals surface area contributed by atoms with Gasteiger partial charge in [0.15, 0.2) is 5.65 Å². The van der Waals surface area contributed by atoms with Crippen LogP contribution in [0.15, 0.2) is 42.6 Å². The van der Waals surface area contributed by atoms with Crippen molar-refractivity contribution in [1.29, 1.82) is 0 Å². The summed E-state index contributed by atoms with van der Waals surface area (Å²) in [7, 11) is 0. The van der Waals surface area contributed by atoms with Gasteiger partial charge < -0.3 is 19.6 Å². The largest absolute Gasteiger partial charge is 0.481 e. The number of carboxylic acid groups (broad SMARTS) is 1. The molecule has 5 atom stereocenters. The SMILES string of the molecule is Cc1cc(N2CC[C@](C)(c3ccccc3)C2)cn2nc(C(=O)N3CCCC4(CC(N5CC6C(C5)C6C(=O)O)CO4)C3)nc12. The van der Waals surface area contributed by atoms with Gasteiger partial charge in [0.1, 0.15) is 0 Å². The first-order valence-corrected chi connectivity index (χ1v) is 15.8. The smallest absolute Gasteiger partial charge is 0.307 e. The number of nitrogens with zero attached hydrogens (tertiary/aromatic N) is 6. The zero-order valence-electron chi connectivity index (χ0n) is 25.0. The van der Waals surface area contributed by atoms with Gasteiger partial charge in [-0.1, -0.05) is 37.3 Å². The lowest BCUT2D eigenvalue weighted by atomic mass is 9.82. The summed E-state index contributed by atoms with van der Waals surface area (Å²) < 4.78 is 8.22. The van der Waals surface area contributed by atoms with E-state index in [4.69, 9.17) is 14.8 Å². The molecule has 1 aromatic carbocycles. The molecule has 1 N–H and O–H groups in total. The number of carbonyl (C=O) groups excluding carboxylic acids is 1. The predicted molar refractivity (Wildman–Crippen MR) is 160 cm³/mol. The molecule has 5 aliphatic rings. The van der Waals surface area contributed by atoms with Crippen LogP contribution in [0, 0.1) is 24.7 Å². The molecular weight excluding hydrogens is 544 g/mol. The summed E-state index contributed by atoms with van der Waals surface area (Å²) in [6, 6.07) is 13.2. The number of aromatic nitrogens is 3. The molecule has 226 valence electrons. The van der Waals surface area contributed by atoms with Gasteiger partial charge in [-0.15, -0.1) is 5.10 Å². The molecular formula is C33H40N6O4. The lowest BCUT2D eigenvalue weighted by Crippen LogP contribution is -2.51. The Morgan fingerprint density at radius 3 is 2.63 bits per heavy atom. The normalized spacial score (nSPS) is 33.9. The van der Waals surface area contributed by atoms with Crippen LogP contribution in [0.2, 0.25) is 0 Å². The van der Waals surface area contributed by atoms with Crippen LogP contribution in [0.3, 0.4) is 0 Å². The fourth-order valence-electron chi connectivity index (χ4n) is 8.63. The lowest BCUT2D eigenvalue weighted by Gasteiger charge is -2.39. The predicted octanol–water partition coefficient (Wildman–Crippen LogP) is 3.23. The number of hydrogen-bond donors (Lipinski definition) is 1. The van der Waals surface area contributed by atoms with E-state index in [2.05, 4.69) is 53.1 Å². The van der Waals surface area contributed by atoms with E-state index >= 15 is 0 Å². The van der Waals surface area contributed by atoms with Crippen molar-refractivity contribution in [2.75, 3.05) is 50.8 Å². The van der Waals surface area contributed by atoms with Crippen LogP contribution in [-0.4, -0.2) is 98.9 Å². The molecule has 43 heavy (non-hydrogen) atoms. The van der Waals surface area contributed by atoms with Crippen LogP contribution in [0.4, 0.5) is 5.69 Å². The Kier molecular flexibility index (Phi) is 6.14. The monoisotopic (exact) mass is 584 g/mol. The Morgan fingerprint density at radius 1 is 1.07 bits per heavy atom. The summed E-state index contributed by atoms with van der Waals surface area (Å²) in [6.07, 6.45) is 5.80. The standard InChI is InChI=1S/C33H40N6O4/c1-21-13-23(36-12-10-32(2,19-36)22-7-4-3-5-8-22)15-39-29(21)34-28(35-39)30(40)37-11-6-9-33(20-37)14-24(18-43-33)38-16-25-26(17-38)27(25)31(41)42/h3-5,7-8,13,15,24-27H,6,9-12,14,16-20H2,1-2H3,(H,41,42)/t24?,25?,26?,27?,32-,33?/m0/s1. The van der Waals surface area contributed by atoms with Crippen LogP contribution in [0.1, 0.15) is 54.4 Å². The Balaban J connectivity index is 0.954. The van der Waals surface area contributed by atoms with Gasteiger partial charge in [-0.25, -0.2) is 9.50 Å². The molecule has 8 rings (SSSR count). The van der Waals surface area contributed by atoms with Crippen molar-refractivity contribution in [2.45, 2.75) is 56.6 Å². The number of likely N-dealkylation sites (tertiary alicyclic amines) is 2. The highest BCUT2D eigenvalue weighted by molar-refractivity contribution is 5.91. The minimum atomic E-state index is -0.649. The minimum Gasteiger partial charge on any atom is -0.481 e. The summed E-state index contributed by atoms with van der Waals surface area (Å²) >= 11 is 0. The first-order valence-electron chi connectivity index (χ1n) is 15.8. The third-order valence-corrected chi connectivity index (χ3v) is 11.1. The van der Waals surface area contributed by atoms with E-state index in [1.54, 1.807) is 4.52 Å². The highest BCUT2D eigenvalue weighted by Crippen LogP contribution is 2.53. The summed E-state index contributed by atoms with van der Waals surface area (Å²) in [6.45, 7) is 9.84. The maximum atomic E-state index is 13.7. The molecule has 10 heteroatoms. The van der Waals surface area contributed by atoms with Gasteiger partial charge >= 0.3 is 5.97 Å². The molecule has 3 aromatic rings. The van der Waals surface area contributed by atoms with Crippen LogP contribution in [0.25, 0.3) is 5.65 Å². The van der Waals surface area contributed by atoms with E-state index < -0.39 is 5.97 Å². The first-order chi connectivity index (χ1) is 20.7. The molecule has 6 heterocycles. The third-order valence-electron chi connectivity index (χ3n) is 11.1. The lowest BCUT2D eigenvalue weighted by molar-refractivity contribution is -0.139. The number of hydrogen-bond acceptors (Lipinski definition) is 7. The van der Waals surface area contributed by atoms with Crippen molar-refractivity contribution in [2.24, 2.45) is 17.8 Å². The molecule has 1 aliphatic carbocycles. The fourth-order valence-corrected chi connectivity index (χ4v) is 8.63. The van der Waals surface area contributed by atoms with Crippen molar-refractivity contribution in [3.63, 3.8) is 0 Å². The van der Waals surface area contributed by atoms with Gasteiger partial charge in [0.25, 0.3) is 5.91 Å². The van der Waals surface area contributed by atoms with Gasteiger partial charge in [-0.3, -0.25) is 14.5 Å². The number of aryl methyl sites for hydroxylation is 1. The molecule has 1 amide bonds. The second-order valence-electron chi connectivity index (χ2n) is 14.0. The summed E-state index contributed by atoms with van der Waals surface area (Å²) in [5.74, 6) is -0.117. The maximum Gasteiger partial charge on any atom is 0.307 e. The van der Waals surface area contributed by atoms with E-state index in [1.807, 2.05) is 18.0 Å². The van der Waals surface area contributed by atoms with Crippen molar-refractivity contribution < 1.29 is 19.4 Å². The zero-order valence-corrected chi connectivity index (χ0v) is 25.0. The second kappa shape index (κ2) is 9.75. The third kappa shape index (κ3) is 4.52. The van der Waals surface area contributed by atoms with Gasteiger partial charge in [0, 0.05) is 44.2 Å². The van der Waals surface area contributed by atoms with Crippen molar-refractivity contribution >= 4 is 23.2 Å². The highest BCUT2D eigenvalue weighted by atomic mass is 16.5. The molecule has 4 unspecified atom stereocenters. The Morgan fingerprint density at radius 2 is 1.86 bits per heavy atom. The molecule has 5 fully saturated rings. The number of amides is 1. The Hall–Kier alpha value is -3.50. The quantitative estimate of drug-likeness (QED) is 0.488. The van der Waals surface area contributed by atoms with Gasteiger partial charge in [-0.05, 0) is 61.6 Å². The van der Waals surface area contributed by atoms with Gasteiger partial charge in [-0.2, -0.15) is 0 Å². The molecule has 10 nitrogen and oxygen atoms in total. The molecule has 4 saturated heterocycles. The molecule has 2 aromatic heterocycles. The number of anilines is 1. The minimum absolute atomic E-state index is 0.0925. The number of piperidine rings is 2. The van der Waals surface area contributed by atoms with E-state index in [0.717, 1.165) is 63.1 Å². The molecule has 1 saturated carbocycles. The summed E-state index contributed by atoms with van der Waals surface area (Å²) in [5.41, 5.74) is 3.93. The highest BCUT2D eigenvalue weighted by Gasteiger charge is 2.61. The Labute approximate surface area is 251 Å². The number of benzene rings is 1. The van der Waals surface area contributed by atoms with E-state index in [0.29, 0.717) is 43.2 Å². The molecule has 0 bridgehead atoms. The number of rotatable bonds is 5. The topological polar surface area (TPSA) is 104 Å². The average molecular weight is 585 g/mol. The summed E-state index contributed by atoms with van der Waals surface area (Å²) in [4.78, 5) is 36.6. The molecule has 4 aliphatic heterocycles. The van der Waals surface area contributed by atoms with Crippen molar-refractivity contribution in [1.82, 2.24) is 24.4 Å². The Bertz CT molecular complexity index is 1580. The fraction of sp³-hybridized carbons (Fsp3) is 0.576. The number of ether oxygens (including phenoxy) is 1. The number of fused-ring (bicyclic) bond motifs is 2. The number of pyridine rings is 1. The zero-order chi connectivity index (χ0) is 29.5. The van der Waals surface area contributed by atoms with E-state index in [1.165, 1.54) is 5.56 Å². The van der Waals surface area contributed by atoms with Crippen molar-refractivity contribution in [3.8, 4) is 0 Å². The second-order valence-corrected chi connectivity index (χ2v) is 14.0. The van der Waals surface area contributed by atoms with Crippen LogP contribution >= 0.6 is 0 Å². The average Bonchev–Trinajstić information content (AvgIpc) is 3.53.